The number of ether oxygens (including phenoxy) is 1. The molecule has 2 fully saturated rings. The average Bonchev–Trinajstić information content (AvgIpc) is 3.46. The van der Waals surface area contributed by atoms with Gasteiger partial charge >= 0.3 is 0 Å². The number of aromatic nitrogens is 3. The third-order valence-corrected chi connectivity index (χ3v) is 8.80. The van der Waals surface area contributed by atoms with Crippen molar-refractivity contribution in [2.45, 2.75) is 73.4 Å². The molecule has 1 aromatic carbocycles. The fraction of sp³-hybridized carbons (Fsp3) is 0.625. The van der Waals surface area contributed by atoms with Crippen molar-refractivity contribution in [1.82, 2.24) is 14.8 Å². The Morgan fingerprint density at radius 2 is 1.97 bits per heavy atom. The fourth-order valence-corrected chi connectivity index (χ4v) is 6.75. The van der Waals surface area contributed by atoms with Gasteiger partial charge in [0.15, 0.2) is 5.16 Å². The highest BCUT2D eigenvalue weighted by atomic mass is 32.2. The number of nitrogens with zero attached hydrogens (tertiary/aromatic N) is 5. The number of para-hydroxylation sites is 1. The van der Waals surface area contributed by atoms with E-state index in [1.165, 1.54) is 35.9 Å². The summed E-state index contributed by atoms with van der Waals surface area (Å²) in [6, 6.07) is 8.26. The highest BCUT2D eigenvalue weighted by molar-refractivity contribution is 8.00. The molecule has 1 aromatic heterocycles. The van der Waals surface area contributed by atoms with Crippen LogP contribution in [-0.4, -0.2) is 64.0 Å². The molecule has 9 heteroatoms. The Balaban J connectivity index is 1.32. The van der Waals surface area contributed by atoms with Crippen LogP contribution in [0.4, 0.5) is 11.6 Å². The largest absolute Gasteiger partial charge is 0.376 e. The fourth-order valence-electron chi connectivity index (χ4n) is 4.82. The molecule has 2 aromatic rings. The van der Waals surface area contributed by atoms with Crippen molar-refractivity contribution in [2.75, 3.05) is 41.8 Å². The zero-order valence-corrected chi connectivity index (χ0v) is 21.0. The summed E-state index contributed by atoms with van der Waals surface area (Å²) in [5.41, 5.74) is 1.03. The van der Waals surface area contributed by atoms with E-state index in [0.29, 0.717) is 11.0 Å². The number of hydrogen-bond acceptors (Lipinski definition) is 7. The summed E-state index contributed by atoms with van der Waals surface area (Å²) in [5.74, 6) is 1.43. The van der Waals surface area contributed by atoms with Gasteiger partial charge in [-0.05, 0) is 50.7 Å². The van der Waals surface area contributed by atoms with Crippen molar-refractivity contribution in [1.29, 1.82) is 0 Å². The first-order valence-corrected chi connectivity index (χ1v) is 14.0. The molecule has 33 heavy (non-hydrogen) atoms. The Morgan fingerprint density at radius 1 is 1.12 bits per heavy atom. The highest BCUT2D eigenvalue weighted by Crippen LogP contribution is 2.37. The van der Waals surface area contributed by atoms with E-state index in [1.54, 1.807) is 0 Å². The van der Waals surface area contributed by atoms with Crippen molar-refractivity contribution in [2.24, 2.45) is 0 Å². The van der Waals surface area contributed by atoms with E-state index < -0.39 is 0 Å². The molecule has 3 aliphatic heterocycles. The molecule has 0 bridgehead atoms. The first-order chi connectivity index (χ1) is 16.2. The molecule has 0 radical (unpaired) electrons. The van der Waals surface area contributed by atoms with Gasteiger partial charge in [0, 0.05) is 36.4 Å². The van der Waals surface area contributed by atoms with Crippen LogP contribution in [0.1, 0.15) is 45.4 Å². The molecule has 178 valence electrons. The zero-order valence-electron chi connectivity index (χ0n) is 19.3. The minimum atomic E-state index is 0.133. The van der Waals surface area contributed by atoms with Gasteiger partial charge in [0.05, 0.1) is 24.1 Å². The van der Waals surface area contributed by atoms with Crippen LogP contribution in [0.25, 0.3) is 0 Å². The highest BCUT2D eigenvalue weighted by Gasteiger charge is 2.27. The monoisotopic (exact) mass is 487 g/mol. The molecule has 2 saturated heterocycles. The number of rotatable bonds is 6. The van der Waals surface area contributed by atoms with Crippen molar-refractivity contribution < 1.29 is 9.53 Å². The van der Waals surface area contributed by atoms with Gasteiger partial charge in [0.25, 0.3) is 0 Å². The van der Waals surface area contributed by atoms with Crippen LogP contribution in [0.15, 0.2) is 34.3 Å². The number of thioether (sulfide) groups is 2. The molecule has 0 unspecified atom stereocenters. The number of carbonyl (C=O) groups excluding carboxylic acids is 1. The smallest absolute Gasteiger partial charge is 0.237 e. The standard InChI is InChI=1S/C24H33N5O2S2/c1-18-11-14-28(20-9-3-4-10-21(20)33-18)22(30)17-32-24-26-25-23(27-12-5-2-6-13-27)29(24)16-19-8-7-15-31-19/h3-4,9-10,18-19H,2,5-8,11-17H2,1H3/t18-,19+/m0/s1. The predicted octanol–water partition coefficient (Wildman–Crippen LogP) is 4.46. The number of benzene rings is 1. The van der Waals surface area contributed by atoms with Crippen LogP contribution in [-0.2, 0) is 16.1 Å². The first-order valence-electron chi connectivity index (χ1n) is 12.2. The van der Waals surface area contributed by atoms with Crippen LogP contribution >= 0.6 is 23.5 Å². The molecule has 3 aliphatic rings. The van der Waals surface area contributed by atoms with Gasteiger partial charge in [-0.15, -0.1) is 22.0 Å². The maximum atomic E-state index is 13.4. The zero-order chi connectivity index (χ0) is 22.6. The lowest BCUT2D eigenvalue weighted by Crippen LogP contribution is -2.34. The molecule has 0 N–H and O–H groups in total. The van der Waals surface area contributed by atoms with E-state index in [0.717, 1.165) is 68.8 Å². The molecule has 0 spiro atoms. The van der Waals surface area contributed by atoms with Gasteiger partial charge in [0.1, 0.15) is 0 Å². The Hall–Kier alpha value is -1.71. The minimum Gasteiger partial charge on any atom is -0.376 e. The molecular weight excluding hydrogens is 454 g/mol. The Morgan fingerprint density at radius 3 is 2.79 bits per heavy atom. The number of carbonyl (C=O) groups is 1. The second-order valence-corrected chi connectivity index (χ2v) is 11.5. The van der Waals surface area contributed by atoms with Crippen molar-refractivity contribution in [3.63, 3.8) is 0 Å². The minimum absolute atomic E-state index is 0.133. The molecule has 0 saturated carbocycles. The van der Waals surface area contributed by atoms with E-state index in [-0.39, 0.29) is 12.0 Å². The van der Waals surface area contributed by atoms with E-state index in [2.05, 4.69) is 44.8 Å². The van der Waals surface area contributed by atoms with Gasteiger partial charge in [-0.3, -0.25) is 9.36 Å². The second-order valence-electron chi connectivity index (χ2n) is 9.09. The van der Waals surface area contributed by atoms with Crippen LogP contribution in [0.2, 0.25) is 0 Å². The van der Waals surface area contributed by atoms with Crippen LogP contribution in [0.5, 0.6) is 0 Å². The van der Waals surface area contributed by atoms with Gasteiger partial charge in [-0.1, -0.05) is 30.8 Å². The van der Waals surface area contributed by atoms with Gasteiger partial charge < -0.3 is 14.5 Å². The quantitative estimate of drug-likeness (QED) is 0.558. The molecular formula is C24H33N5O2S2. The van der Waals surface area contributed by atoms with Crippen LogP contribution in [0.3, 0.4) is 0 Å². The first kappa shape index (κ1) is 23.1. The predicted molar refractivity (Wildman–Crippen MR) is 135 cm³/mol. The van der Waals surface area contributed by atoms with E-state index in [9.17, 15) is 4.79 Å². The summed E-state index contributed by atoms with van der Waals surface area (Å²) in [6.07, 6.45) is 7.04. The molecule has 5 rings (SSSR count). The van der Waals surface area contributed by atoms with Crippen molar-refractivity contribution in [3.05, 3.63) is 24.3 Å². The molecule has 4 heterocycles. The Kier molecular flexibility index (Phi) is 7.47. The normalized spacial score (nSPS) is 23.4. The molecule has 2 atom stereocenters. The maximum Gasteiger partial charge on any atom is 0.237 e. The number of piperidine rings is 1. The molecule has 7 nitrogen and oxygen atoms in total. The third kappa shape index (κ3) is 5.35. The lowest BCUT2D eigenvalue weighted by molar-refractivity contribution is -0.116. The Bertz CT molecular complexity index is 956. The Labute approximate surface area is 204 Å². The maximum absolute atomic E-state index is 13.4. The van der Waals surface area contributed by atoms with E-state index in [4.69, 9.17) is 4.74 Å². The number of amides is 1. The number of anilines is 2. The topological polar surface area (TPSA) is 63.5 Å². The third-order valence-electron chi connectivity index (χ3n) is 6.62. The summed E-state index contributed by atoms with van der Waals surface area (Å²) in [7, 11) is 0. The van der Waals surface area contributed by atoms with E-state index in [1.807, 2.05) is 22.7 Å². The average molecular weight is 488 g/mol. The van der Waals surface area contributed by atoms with Gasteiger partial charge in [-0.2, -0.15) is 0 Å². The SMILES string of the molecule is C[C@H]1CCN(C(=O)CSc2nnc(N3CCCCC3)n2C[C@H]2CCCO2)c2ccccc2S1. The van der Waals surface area contributed by atoms with Crippen LogP contribution in [0, 0.1) is 0 Å². The summed E-state index contributed by atoms with van der Waals surface area (Å²) < 4.78 is 8.13. The lowest BCUT2D eigenvalue weighted by atomic mass is 10.1. The van der Waals surface area contributed by atoms with Crippen molar-refractivity contribution in [3.8, 4) is 0 Å². The van der Waals surface area contributed by atoms with Crippen LogP contribution < -0.4 is 9.80 Å². The molecule has 1 amide bonds. The second kappa shape index (κ2) is 10.7. The lowest BCUT2D eigenvalue weighted by Gasteiger charge is -2.28. The summed E-state index contributed by atoms with van der Waals surface area (Å²) >= 11 is 3.37. The molecule has 0 aliphatic carbocycles. The van der Waals surface area contributed by atoms with Gasteiger partial charge in [-0.25, -0.2) is 0 Å². The van der Waals surface area contributed by atoms with Crippen molar-refractivity contribution >= 4 is 41.1 Å². The van der Waals surface area contributed by atoms with Gasteiger partial charge in [0.2, 0.25) is 11.9 Å². The summed E-state index contributed by atoms with van der Waals surface area (Å²) in [6.45, 7) is 6.63. The number of fused-ring (bicyclic) bond motifs is 1. The summed E-state index contributed by atoms with van der Waals surface area (Å²) in [5, 5.41) is 10.4. The van der Waals surface area contributed by atoms with E-state index >= 15 is 0 Å². The number of hydrogen-bond donors (Lipinski definition) is 0. The summed E-state index contributed by atoms with van der Waals surface area (Å²) in [4.78, 5) is 18.9.